The summed E-state index contributed by atoms with van der Waals surface area (Å²) in [7, 11) is 0. The van der Waals surface area contributed by atoms with Crippen LogP contribution in [0.1, 0.15) is 40.4 Å². The van der Waals surface area contributed by atoms with Crippen LogP contribution in [-0.2, 0) is 0 Å². The molecule has 2 rings (SSSR count). The van der Waals surface area contributed by atoms with Gasteiger partial charge in [0.25, 0.3) is 11.6 Å². The van der Waals surface area contributed by atoms with Gasteiger partial charge in [0, 0.05) is 17.7 Å². The Labute approximate surface area is 126 Å². The van der Waals surface area contributed by atoms with Crippen molar-refractivity contribution in [1.29, 1.82) is 0 Å². The van der Waals surface area contributed by atoms with E-state index in [0.717, 1.165) is 23.8 Å². The fourth-order valence-electron chi connectivity index (χ4n) is 2.23. The summed E-state index contributed by atoms with van der Waals surface area (Å²) in [4.78, 5) is 22.2. The first-order chi connectivity index (χ1) is 10.3. The van der Waals surface area contributed by atoms with Crippen LogP contribution >= 0.6 is 0 Å². The Morgan fingerprint density at radius 1 is 1.36 bits per heavy atom. The monoisotopic (exact) mass is 306 g/mol. The maximum Gasteiger partial charge on any atom is 0.270 e. The molecule has 2 aromatic rings. The summed E-state index contributed by atoms with van der Waals surface area (Å²) in [6.07, 6.45) is 0. The van der Waals surface area contributed by atoms with Crippen LogP contribution < -0.4 is 5.32 Å². The molecule has 1 amide bonds. The number of nitro benzene ring substituents is 1. The molecule has 1 aromatic heterocycles. The minimum Gasteiger partial charge on any atom is -0.466 e. The van der Waals surface area contributed by atoms with Crippen LogP contribution in [-0.4, -0.2) is 10.8 Å². The first kappa shape index (κ1) is 15.7. The van der Waals surface area contributed by atoms with Crippen molar-refractivity contribution in [3.05, 3.63) is 62.8 Å². The number of non-ortho nitro benzene ring substituents is 1. The third-order valence-electron chi connectivity index (χ3n) is 3.30. The Morgan fingerprint density at radius 3 is 2.59 bits per heavy atom. The van der Waals surface area contributed by atoms with Crippen LogP contribution in [0.15, 0.2) is 28.7 Å². The standard InChI is InChI=1S/C15H15FN2O4/c1-8-6-12(10(3)22-8)9(2)17-15(19)13-7-11(18(20)21)4-5-14(13)16/h4-7,9H,1-3H3,(H,17,19). The lowest BCUT2D eigenvalue weighted by Crippen LogP contribution is -2.27. The zero-order valence-corrected chi connectivity index (χ0v) is 12.3. The molecule has 1 aromatic carbocycles. The molecule has 116 valence electrons. The summed E-state index contributed by atoms with van der Waals surface area (Å²) >= 11 is 0. The number of nitrogens with one attached hydrogen (secondary N) is 1. The van der Waals surface area contributed by atoms with Gasteiger partial charge in [-0.25, -0.2) is 4.39 Å². The first-order valence-corrected chi connectivity index (χ1v) is 6.61. The van der Waals surface area contributed by atoms with Gasteiger partial charge in [0.2, 0.25) is 0 Å². The average molecular weight is 306 g/mol. The van der Waals surface area contributed by atoms with E-state index in [4.69, 9.17) is 4.42 Å². The molecule has 22 heavy (non-hydrogen) atoms. The molecule has 1 unspecified atom stereocenters. The van der Waals surface area contributed by atoms with Crippen LogP contribution in [0.4, 0.5) is 10.1 Å². The van der Waals surface area contributed by atoms with Crippen molar-refractivity contribution in [3.8, 4) is 0 Å². The van der Waals surface area contributed by atoms with Crippen molar-refractivity contribution in [1.82, 2.24) is 5.32 Å². The van der Waals surface area contributed by atoms with Gasteiger partial charge in [-0.1, -0.05) is 0 Å². The fourth-order valence-corrected chi connectivity index (χ4v) is 2.23. The second kappa shape index (κ2) is 5.97. The van der Waals surface area contributed by atoms with Crippen molar-refractivity contribution >= 4 is 11.6 Å². The van der Waals surface area contributed by atoms with Crippen molar-refractivity contribution < 1.29 is 18.5 Å². The smallest absolute Gasteiger partial charge is 0.270 e. The first-order valence-electron chi connectivity index (χ1n) is 6.61. The van der Waals surface area contributed by atoms with Gasteiger partial charge in [0.05, 0.1) is 16.5 Å². The van der Waals surface area contributed by atoms with E-state index in [2.05, 4.69) is 5.32 Å². The molecular formula is C15H15FN2O4. The number of rotatable bonds is 4. The lowest BCUT2D eigenvalue weighted by Gasteiger charge is -2.13. The van der Waals surface area contributed by atoms with E-state index in [1.165, 1.54) is 0 Å². The van der Waals surface area contributed by atoms with Crippen LogP contribution in [0, 0.1) is 29.8 Å². The highest BCUT2D eigenvalue weighted by Gasteiger charge is 2.20. The highest BCUT2D eigenvalue weighted by molar-refractivity contribution is 5.95. The summed E-state index contributed by atoms with van der Waals surface area (Å²) in [6, 6.07) is 4.21. The second-order valence-corrected chi connectivity index (χ2v) is 4.98. The molecule has 1 atom stereocenters. The van der Waals surface area contributed by atoms with E-state index in [0.29, 0.717) is 11.5 Å². The van der Waals surface area contributed by atoms with E-state index in [-0.39, 0.29) is 11.3 Å². The molecule has 0 fully saturated rings. The Balaban J connectivity index is 2.23. The lowest BCUT2D eigenvalue weighted by atomic mass is 10.1. The molecule has 0 radical (unpaired) electrons. The van der Waals surface area contributed by atoms with E-state index in [1.807, 2.05) is 0 Å². The van der Waals surface area contributed by atoms with Crippen molar-refractivity contribution in [3.63, 3.8) is 0 Å². The molecule has 6 nitrogen and oxygen atoms in total. The van der Waals surface area contributed by atoms with Gasteiger partial charge in [-0.2, -0.15) is 0 Å². The van der Waals surface area contributed by atoms with E-state index in [1.54, 1.807) is 26.8 Å². The maximum atomic E-state index is 13.7. The molecule has 7 heteroatoms. The van der Waals surface area contributed by atoms with Crippen LogP contribution in [0.2, 0.25) is 0 Å². The molecule has 0 saturated heterocycles. The molecule has 1 N–H and O–H groups in total. The summed E-state index contributed by atoms with van der Waals surface area (Å²) in [5.74, 6) is -0.165. The Morgan fingerprint density at radius 2 is 2.05 bits per heavy atom. The number of nitrogens with zero attached hydrogens (tertiary/aromatic N) is 1. The largest absolute Gasteiger partial charge is 0.466 e. The summed E-state index contributed by atoms with van der Waals surface area (Å²) in [6.45, 7) is 5.27. The highest BCUT2D eigenvalue weighted by Crippen LogP contribution is 2.22. The molecular weight excluding hydrogens is 291 g/mol. The lowest BCUT2D eigenvalue weighted by molar-refractivity contribution is -0.384. The number of furan rings is 1. The molecule has 1 heterocycles. The maximum absolute atomic E-state index is 13.7. The van der Waals surface area contributed by atoms with Gasteiger partial charge < -0.3 is 9.73 Å². The third kappa shape index (κ3) is 3.13. The third-order valence-corrected chi connectivity index (χ3v) is 3.30. The van der Waals surface area contributed by atoms with Crippen molar-refractivity contribution in [2.45, 2.75) is 26.8 Å². The SMILES string of the molecule is Cc1cc(C(C)NC(=O)c2cc([N+](=O)[O-])ccc2F)c(C)o1. The summed E-state index contributed by atoms with van der Waals surface area (Å²) < 4.78 is 19.1. The average Bonchev–Trinajstić information content (AvgIpc) is 2.77. The molecule has 0 saturated carbocycles. The predicted molar refractivity (Wildman–Crippen MR) is 77.1 cm³/mol. The number of aryl methyl sites for hydroxylation is 2. The van der Waals surface area contributed by atoms with Gasteiger partial charge in [0.1, 0.15) is 17.3 Å². The number of carbonyl (C=O) groups is 1. The van der Waals surface area contributed by atoms with E-state index in [9.17, 15) is 19.3 Å². The highest BCUT2D eigenvalue weighted by atomic mass is 19.1. The van der Waals surface area contributed by atoms with Crippen LogP contribution in [0.3, 0.4) is 0 Å². The second-order valence-electron chi connectivity index (χ2n) is 4.98. The number of amides is 1. The minimum atomic E-state index is -0.810. The number of nitro groups is 1. The van der Waals surface area contributed by atoms with E-state index >= 15 is 0 Å². The Hall–Kier alpha value is -2.70. The quantitative estimate of drug-likeness (QED) is 0.692. The summed E-state index contributed by atoms with van der Waals surface area (Å²) in [5.41, 5.74) is 0.0742. The summed E-state index contributed by atoms with van der Waals surface area (Å²) in [5, 5.41) is 13.3. The van der Waals surface area contributed by atoms with Crippen LogP contribution in [0.25, 0.3) is 0 Å². The molecule has 0 spiro atoms. The Kier molecular flexibility index (Phi) is 4.25. The van der Waals surface area contributed by atoms with Gasteiger partial charge in [0.15, 0.2) is 0 Å². The molecule has 0 aliphatic rings. The van der Waals surface area contributed by atoms with Gasteiger partial charge in [-0.05, 0) is 32.9 Å². The fraction of sp³-hybridized carbons (Fsp3) is 0.267. The molecule has 0 bridgehead atoms. The normalized spacial score (nSPS) is 12.0. The molecule has 0 aliphatic heterocycles. The van der Waals surface area contributed by atoms with Crippen molar-refractivity contribution in [2.75, 3.05) is 0 Å². The minimum absolute atomic E-state index is 0.338. The zero-order valence-electron chi connectivity index (χ0n) is 12.3. The predicted octanol–water partition coefficient (Wildman–Crippen LogP) is 3.43. The van der Waals surface area contributed by atoms with Gasteiger partial charge in [-0.15, -0.1) is 0 Å². The van der Waals surface area contributed by atoms with Gasteiger partial charge in [-0.3, -0.25) is 14.9 Å². The number of halogens is 1. The number of hydrogen-bond acceptors (Lipinski definition) is 4. The zero-order chi connectivity index (χ0) is 16.4. The topological polar surface area (TPSA) is 85.4 Å². The van der Waals surface area contributed by atoms with Crippen molar-refractivity contribution in [2.24, 2.45) is 0 Å². The van der Waals surface area contributed by atoms with Gasteiger partial charge >= 0.3 is 0 Å². The number of hydrogen-bond donors (Lipinski definition) is 1. The van der Waals surface area contributed by atoms with Crippen LogP contribution in [0.5, 0.6) is 0 Å². The Bertz CT molecular complexity index is 739. The number of carbonyl (C=O) groups excluding carboxylic acids is 1. The number of benzene rings is 1. The molecule has 0 aliphatic carbocycles. The van der Waals surface area contributed by atoms with E-state index < -0.39 is 22.7 Å².